The van der Waals surface area contributed by atoms with Gasteiger partial charge in [-0.05, 0) is 77.0 Å². The fourth-order valence-electron chi connectivity index (χ4n) is 7.89. The highest BCUT2D eigenvalue weighted by atomic mass is 35.5. The summed E-state index contributed by atoms with van der Waals surface area (Å²) in [6.45, 7) is 4.03. The molecule has 1 unspecified atom stereocenters. The Bertz CT molecular complexity index is 1240. The van der Waals surface area contributed by atoms with Gasteiger partial charge in [0.05, 0.1) is 0 Å². The number of likely N-dealkylation sites (tertiary alicyclic amines) is 1. The molecule has 1 aliphatic heterocycles. The number of piperidine rings is 1. The number of carbonyl (C=O) groups is 2. The van der Waals surface area contributed by atoms with Crippen molar-refractivity contribution in [3.8, 4) is 0 Å². The van der Waals surface area contributed by atoms with E-state index in [1.807, 2.05) is 24.3 Å². The van der Waals surface area contributed by atoms with Crippen LogP contribution in [0.2, 0.25) is 10.0 Å². The molecule has 1 spiro atoms. The van der Waals surface area contributed by atoms with Gasteiger partial charge in [-0.3, -0.25) is 14.5 Å². The Morgan fingerprint density at radius 1 is 0.711 bits per heavy atom. The van der Waals surface area contributed by atoms with E-state index in [4.69, 9.17) is 23.2 Å². The van der Waals surface area contributed by atoms with Gasteiger partial charge >= 0.3 is 0 Å². The highest BCUT2D eigenvalue weighted by Crippen LogP contribution is 2.62. The monoisotopic (exact) mass is 545 g/mol. The average molecular weight is 547 g/mol. The van der Waals surface area contributed by atoms with Crippen molar-refractivity contribution < 1.29 is 9.59 Å². The lowest BCUT2D eigenvalue weighted by Crippen LogP contribution is -2.62. The summed E-state index contributed by atoms with van der Waals surface area (Å²) in [6.07, 6.45) is 2.04. The van der Waals surface area contributed by atoms with Crippen LogP contribution in [0.4, 0.5) is 0 Å². The molecule has 38 heavy (non-hydrogen) atoms. The third kappa shape index (κ3) is 4.63. The van der Waals surface area contributed by atoms with Gasteiger partial charge in [-0.15, -0.1) is 0 Å². The predicted molar refractivity (Wildman–Crippen MR) is 153 cm³/mol. The van der Waals surface area contributed by atoms with E-state index in [0.717, 1.165) is 24.2 Å². The summed E-state index contributed by atoms with van der Waals surface area (Å²) in [4.78, 5) is 29.6. The van der Waals surface area contributed by atoms with E-state index in [1.165, 1.54) is 5.56 Å². The Morgan fingerprint density at radius 3 is 1.61 bits per heavy atom. The van der Waals surface area contributed by atoms with E-state index in [2.05, 4.69) is 66.4 Å². The number of halogens is 2. The fourth-order valence-corrected chi connectivity index (χ4v) is 8.15. The van der Waals surface area contributed by atoms with E-state index in [-0.39, 0.29) is 46.7 Å². The van der Waals surface area contributed by atoms with Crippen molar-refractivity contribution in [2.45, 2.75) is 50.5 Å². The van der Waals surface area contributed by atoms with Crippen LogP contribution in [-0.4, -0.2) is 29.6 Å². The average Bonchev–Trinajstić information content (AvgIpc) is 2.92. The van der Waals surface area contributed by atoms with E-state index < -0.39 is 0 Å². The van der Waals surface area contributed by atoms with Gasteiger partial charge in [0.25, 0.3) is 0 Å². The van der Waals surface area contributed by atoms with Crippen molar-refractivity contribution >= 4 is 34.8 Å². The van der Waals surface area contributed by atoms with Crippen molar-refractivity contribution in [3.63, 3.8) is 0 Å². The molecular formula is C33H33Cl2NO2. The van der Waals surface area contributed by atoms with Crippen molar-refractivity contribution in [2.24, 2.45) is 17.3 Å². The number of Topliss-reactive ketones (excluding diaryl/α,β-unsaturated/α-hetero) is 2. The van der Waals surface area contributed by atoms with Crippen molar-refractivity contribution in [3.05, 3.63) is 106 Å². The third-order valence-electron chi connectivity index (χ3n) is 9.68. The Morgan fingerprint density at radius 2 is 1.16 bits per heavy atom. The van der Waals surface area contributed by atoms with Gasteiger partial charge in [0.1, 0.15) is 11.6 Å². The molecule has 3 aromatic rings. The standard InChI is InChI=1S/C33H33Cl2NO2/c1-21(22-5-3-2-4-6-22)36-19-31-29(23-7-11-25(34)12-8-23)15-27(37)17-33(31)18-28(38)16-30(32(33)20-36)24-9-13-26(35)14-10-24/h2-14,21,29-32H,15-20H2,1H3/t21-,29-,30+,31-,32-,33?/m1/s1. The molecule has 1 heterocycles. The highest BCUT2D eigenvalue weighted by Gasteiger charge is 2.60. The van der Waals surface area contributed by atoms with Crippen LogP contribution in [0.3, 0.4) is 0 Å². The zero-order chi connectivity index (χ0) is 26.4. The second kappa shape index (κ2) is 10.3. The molecule has 196 valence electrons. The Labute approximate surface area is 235 Å². The van der Waals surface area contributed by atoms with Crippen LogP contribution in [0.5, 0.6) is 0 Å². The lowest BCUT2D eigenvalue weighted by molar-refractivity contribution is -0.152. The molecular weight excluding hydrogens is 513 g/mol. The molecule has 0 bridgehead atoms. The smallest absolute Gasteiger partial charge is 0.134 e. The molecule has 0 radical (unpaired) electrons. The molecule has 2 aliphatic carbocycles. The molecule has 3 fully saturated rings. The third-order valence-corrected chi connectivity index (χ3v) is 10.2. The molecule has 0 amide bonds. The summed E-state index contributed by atoms with van der Waals surface area (Å²) in [5.74, 6) is 1.09. The predicted octanol–water partition coefficient (Wildman–Crippen LogP) is 7.88. The number of benzene rings is 3. The van der Waals surface area contributed by atoms with Gasteiger partial charge < -0.3 is 0 Å². The van der Waals surface area contributed by atoms with Crippen LogP contribution >= 0.6 is 23.2 Å². The maximum absolute atomic E-state index is 13.5. The van der Waals surface area contributed by atoms with Gasteiger partial charge in [0, 0.05) is 54.9 Å². The van der Waals surface area contributed by atoms with E-state index in [0.29, 0.717) is 35.7 Å². The van der Waals surface area contributed by atoms with Crippen molar-refractivity contribution in [2.75, 3.05) is 13.1 Å². The molecule has 3 aliphatic rings. The summed E-state index contributed by atoms with van der Waals surface area (Å²) in [7, 11) is 0. The quantitative estimate of drug-likeness (QED) is 0.334. The highest BCUT2D eigenvalue weighted by molar-refractivity contribution is 6.30. The Balaban J connectivity index is 1.47. The summed E-state index contributed by atoms with van der Waals surface area (Å²) in [5.41, 5.74) is 3.26. The SMILES string of the molecule is C[C@H](c1ccccc1)N1C[C@@H]2[C@@H](c3ccc(Cl)cc3)CC(=O)CC23CC(=O)C[C@@H](c2ccc(Cl)cc2)[C@H]3C1. The van der Waals surface area contributed by atoms with E-state index in [9.17, 15) is 9.59 Å². The second-order valence-electron chi connectivity index (χ2n) is 11.6. The zero-order valence-corrected chi connectivity index (χ0v) is 23.2. The Hall–Kier alpha value is -2.46. The number of hydrogen-bond acceptors (Lipinski definition) is 3. The summed E-state index contributed by atoms with van der Waals surface area (Å²) >= 11 is 12.5. The first-order valence-corrected chi connectivity index (χ1v) is 14.4. The van der Waals surface area contributed by atoms with Gasteiger partial charge in [-0.1, -0.05) is 77.8 Å². The van der Waals surface area contributed by atoms with Gasteiger partial charge in [0.2, 0.25) is 0 Å². The molecule has 6 rings (SSSR count). The molecule has 6 atom stereocenters. The normalized spacial score (nSPS) is 30.4. The minimum Gasteiger partial charge on any atom is -0.300 e. The van der Waals surface area contributed by atoms with Crippen molar-refractivity contribution in [1.29, 1.82) is 0 Å². The molecule has 1 saturated heterocycles. The summed E-state index contributed by atoms with van der Waals surface area (Å²) in [5, 5.41) is 1.39. The van der Waals surface area contributed by atoms with Crippen LogP contribution in [0, 0.1) is 17.3 Å². The Kier molecular flexibility index (Phi) is 6.97. The minimum atomic E-state index is -0.341. The largest absolute Gasteiger partial charge is 0.300 e. The lowest BCUT2D eigenvalue weighted by Gasteiger charge is -2.61. The summed E-state index contributed by atoms with van der Waals surface area (Å²) in [6, 6.07) is 26.9. The maximum Gasteiger partial charge on any atom is 0.134 e. The molecule has 2 saturated carbocycles. The maximum atomic E-state index is 13.5. The van der Waals surface area contributed by atoms with Crippen LogP contribution in [0.1, 0.15) is 67.2 Å². The molecule has 0 aromatic heterocycles. The second-order valence-corrected chi connectivity index (χ2v) is 12.5. The van der Waals surface area contributed by atoms with Crippen LogP contribution in [-0.2, 0) is 9.59 Å². The van der Waals surface area contributed by atoms with Gasteiger partial charge in [-0.2, -0.15) is 0 Å². The van der Waals surface area contributed by atoms with Crippen LogP contribution in [0.25, 0.3) is 0 Å². The van der Waals surface area contributed by atoms with E-state index >= 15 is 0 Å². The number of hydrogen-bond donors (Lipinski definition) is 0. The van der Waals surface area contributed by atoms with Crippen LogP contribution < -0.4 is 0 Å². The first-order valence-electron chi connectivity index (χ1n) is 13.7. The molecule has 0 N–H and O–H groups in total. The van der Waals surface area contributed by atoms with Gasteiger partial charge in [-0.25, -0.2) is 0 Å². The number of carbonyl (C=O) groups excluding carboxylic acids is 2. The minimum absolute atomic E-state index is 0.0681. The lowest BCUT2D eigenvalue weighted by atomic mass is 9.46. The van der Waals surface area contributed by atoms with Crippen LogP contribution in [0.15, 0.2) is 78.9 Å². The van der Waals surface area contributed by atoms with E-state index in [1.54, 1.807) is 0 Å². The van der Waals surface area contributed by atoms with Crippen molar-refractivity contribution in [1.82, 2.24) is 4.90 Å². The molecule has 5 heteroatoms. The summed E-state index contributed by atoms with van der Waals surface area (Å²) < 4.78 is 0. The number of ketones is 2. The van der Waals surface area contributed by atoms with Gasteiger partial charge in [0.15, 0.2) is 0 Å². The fraction of sp³-hybridized carbons (Fsp3) is 0.394. The molecule has 3 nitrogen and oxygen atoms in total. The number of rotatable bonds is 4. The topological polar surface area (TPSA) is 37.4 Å². The first-order chi connectivity index (χ1) is 18.3. The zero-order valence-electron chi connectivity index (χ0n) is 21.7. The first kappa shape index (κ1) is 25.8. The molecule has 3 aromatic carbocycles. The number of nitrogens with zero attached hydrogens (tertiary/aromatic N) is 1.